The van der Waals surface area contributed by atoms with Crippen molar-refractivity contribution < 1.29 is 9.59 Å². The molecule has 0 spiro atoms. The molecule has 1 fully saturated rings. The molecule has 28 heavy (non-hydrogen) atoms. The minimum absolute atomic E-state index is 0.0900. The third kappa shape index (κ3) is 3.73. The van der Waals surface area contributed by atoms with Crippen LogP contribution >= 0.6 is 0 Å². The highest BCUT2D eigenvalue weighted by molar-refractivity contribution is 5.95. The first-order valence-electron chi connectivity index (χ1n) is 9.14. The second kappa shape index (κ2) is 7.79. The quantitative estimate of drug-likeness (QED) is 0.686. The number of hydrogen-bond acceptors (Lipinski definition) is 6. The molecule has 0 aliphatic carbocycles. The molecule has 4 N–H and O–H groups in total. The minimum Gasteiger partial charge on any atom is -0.368 e. The van der Waals surface area contributed by atoms with E-state index < -0.39 is 17.9 Å². The number of carbonyl (C=O) groups excluding carboxylic acids is 2. The molecule has 0 bridgehead atoms. The first-order valence-corrected chi connectivity index (χ1v) is 9.14. The predicted molar refractivity (Wildman–Crippen MR) is 104 cm³/mol. The van der Waals surface area contributed by atoms with Gasteiger partial charge in [0.25, 0.3) is 11.5 Å². The summed E-state index contributed by atoms with van der Waals surface area (Å²) in [6.07, 6.45) is 2.79. The van der Waals surface area contributed by atoms with Gasteiger partial charge in [0, 0.05) is 29.9 Å². The Morgan fingerprint density at radius 2 is 2.07 bits per heavy atom. The van der Waals surface area contributed by atoms with E-state index in [1.54, 1.807) is 13.8 Å². The number of hydrogen-bond donors (Lipinski definition) is 3. The fraction of sp³-hybridized carbons (Fsp3) is 0.421. The summed E-state index contributed by atoms with van der Waals surface area (Å²) in [5.41, 5.74) is 8.12. The van der Waals surface area contributed by atoms with Crippen LogP contribution in [0.25, 0.3) is 0 Å². The molecule has 3 heterocycles. The normalized spacial score (nSPS) is 16.2. The molecule has 0 radical (unpaired) electrons. The number of nitrogens with one attached hydrogen (secondary N) is 2. The monoisotopic (exact) mass is 384 g/mol. The number of aryl methyl sites for hydroxylation is 2. The standard InChI is InChI=1S/C19H24N6O3/c1-10-7-11(2)24-18(27)13(10)8-21-19(28)15-12(3)17(23-9-22-15)25-6-4-5-14(25)16(20)26/h7,9,14H,4-6,8H2,1-3H3,(H2,20,26)(H,21,28)(H,24,27)/t14-/m1/s1. The summed E-state index contributed by atoms with van der Waals surface area (Å²) in [4.78, 5) is 49.4. The van der Waals surface area contributed by atoms with Crippen LogP contribution in [0.2, 0.25) is 0 Å². The molecule has 1 atom stereocenters. The first kappa shape index (κ1) is 19.5. The average molecular weight is 384 g/mol. The van der Waals surface area contributed by atoms with Crippen molar-refractivity contribution in [3.8, 4) is 0 Å². The first-order chi connectivity index (χ1) is 13.3. The molecule has 0 unspecified atom stereocenters. The van der Waals surface area contributed by atoms with E-state index in [4.69, 9.17) is 5.73 Å². The molecule has 1 saturated heterocycles. The fourth-order valence-corrected chi connectivity index (χ4v) is 3.63. The lowest BCUT2D eigenvalue weighted by molar-refractivity contribution is -0.119. The Balaban J connectivity index is 1.82. The highest BCUT2D eigenvalue weighted by Crippen LogP contribution is 2.27. The molecule has 2 aromatic heterocycles. The van der Waals surface area contributed by atoms with E-state index in [0.29, 0.717) is 29.9 Å². The van der Waals surface area contributed by atoms with Crippen molar-refractivity contribution in [3.05, 3.63) is 50.8 Å². The molecular formula is C19H24N6O3. The molecule has 9 nitrogen and oxygen atoms in total. The van der Waals surface area contributed by atoms with E-state index in [-0.39, 0.29) is 17.8 Å². The Labute approximate surface area is 162 Å². The van der Waals surface area contributed by atoms with E-state index >= 15 is 0 Å². The van der Waals surface area contributed by atoms with Crippen LogP contribution in [-0.4, -0.2) is 39.4 Å². The molecular weight excluding hydrogens is 360 g/mol. The Hall–Kier alpha value is -3.23. The zero-order valence-electron chi connectivity index (χ0n) is 16.2. The second-order valence-electron chi connectivity index (χ2n) is 7.05. The van der Waals surface area contributed by atoms with Crippen LogP contribution in [-0.2, 0) is 11.3 Å². The van der Waals surface area contributed by atoms with Crippen LogP contribution in [0.5, 0.6) is 0 Å². The van der Waals surface area contributed by atoms with Crippen molar-refractivity contribution in [1.29, 1.82) is 0 Å². The van der Waals surface area contributed by atoms with E-state index in [9.17, 15) is 14.4 Å². The smallest absolute Gasteiger partial charge is 0.270 e. The molecule has 1 aliphatic rings. The van der Waals surface area contributed by atoms with Gasteiger partial charge in [-0.2, -0.15) is 0 Å². The highest BCUT2D eigenvalue weighted by atomic mass is 16.2. The third-order valence-electron chi connectivity index (χ3n) is 5.05. The Bertz CT molecular complexity index is 984. The Kier molecular flexibility index (Phi) is 5.43. The van der Waals surface area contributed by atoms with Crippen molar-refractivity contribution in [2.45, 2.75) is 46.2 Å². The summed E-state index contributed by atoms with van der Waals surface area (Å²) in [7, 11) is 0. The van der Waals surface area contributed by atoms with Gasteiger partial charge in [-0.25, -0.2) is 9.97 Å². The van der Waals surface area contributed by atoms with Crippen LogP contribution in [0.4, 0.5) is 5.82 Å². The maximum absolute atomic E-state index is 12.7. The molecule has 1 aliphatic heterocycles. The van der Waals surface area contributed by atoms with Gasteiger partial charge in [-0.05, 0) is 45.2 Å². The number of pyridine rings is 1. The maximum atomic E-state index is 12.7. The number of nitrogens with zero attached hydrogens (tertiary/aromatic N) is 3. The van der Waals surface area contributed by atoms with E-state index in [0.717, 1.165) is 17.7 Å². The third-order valence-corrected chi connectivity index (χ3v) is 5.05. The van der Waals surface area contributed by atoms with E-state index in [1.807, 2.05) is 17.9 Å². The van der Waals surface area contributed by atoms with Crippen LogP contribution in [0, 0.1) is 20.8 Å². The molecule has 0 saturated carbocycles. The number of nitrogens with two attached hydrogens (primary N) is 1. The summed E-state index contributed by atoms with van der Waals surface area (Å²) < 4.78 is 0. The molecule has 0 aromatic carbocycles. The lowest BCUT2D eigenvalue weighted by Crippen LogP contribution is -2.41. The summed E-state index contributed by atoms with van der Waals surface area (Å²) in [5.74, 6) is -0.281. The van der Waals surface area contributed by atoms with Gasteiger partial charge in [-0.1, -0.05) is 0 Å². The number of anilines is 1. The summed E-state index contributed by atoms with van der Waals surface area (Å²) >= 11 is 0. The lowest BCUT2D eigenvalue weighted by atomic mass is 10.1. The van der Waals surface area contributed by atoms with E-state index in [1.165, 1.54) is 6.33 Å². The Morgan fingerprint density at radius 3 is 2.75 bits per heavy atom. The van der Waals surface area contributed by atoms with Crippen molar-refractivity contribution in [2.75, 3.05) is 11.4 Å². The van der Waals surface area contributed by atoms with Crippen molar-refractivity contribution in [1.82, 2.24) is 20.3 Å². The van der Waals surface area contributed by atoms with Crippen molar-refractivity contribution in [3.63, 3.8) is 0 Å². The van der Waals surface area contributed by atoms with Crippen LogP contribution in [0.3, 0.4) is 0 Å². The molecule has 2 aromatic rings. The van der Waals surface area contributed by atoms with Gasteiger partial charge >= 0.3 is 0 Å². The van der Waals surface area contributed by atoms with Crippen LogP contribution < -0.4 is 21.5 Å². The number of amides is 2. The summed E-state index contributed by atoms with van der Waals surface area (Å²) in [6.45, 7) is 6.11. The summed E-state index contributed by atoms with van der Waals surface area (Å²) in [5, 5.41) is 2.75. The second-order valence-corrected chi connectivity index (χ2v) is 7.05. The fourth-order valence-electron chi connectivity index (χ4n) is 3.63. The van der Waals surface area contributed by atoms with Gasteiger partial charge < -0.3 is 20.9 Å². The van der Waals surface area contributed by atoms with Crippen molar-refractivity contribution in [2.24, 2.45) is 5.73 Å². The zero-order valence-corrected chi connectivity index (χ0v) is 16.2. The van der Waals surface area contributed by atoms with Gasteiger partial charge in [0.05, 0.1) is 0 Å². The van der Waals surface area contributed by atoms with E-state index in [2.05, 4.69) is 20.3 Å². The summed E-state index contributed by atoms with van der Waals surface area (Å²) in [6, 6.07) is 1.42. The zero-order chi connectivity index (χ0) is 20.4. The average Bonchev–Trinajstić information content (AvgIpc) is 3.10. The Morgan fingerprint density at radius 1 is 1.32 bits per heavy atom. The number of aromatic amines is 1. The van der Waals surface area contributed by atoms with Crippen LogP contribution in [0.15, 0.2) is 17.2 Å². The largest absolute Gasteiger partial charge is 0.368 e. The number of carbonyl (C=O) groups is 2. The van der Waals surface area contributed by atoms with Gasteiger partial charge in [0.15, 0.2) is 0 Å². The number of primary amides is 1. The van der Waals surface area contributed by atoms with Gasteiger partial charge in [0.2, 0.25) is 5.91 Å². The number of rotatable bonds is 5. The van der Waals surface area contributed by atoms with Crippen molar-refractivity contribution >= 4 is 17.6 Å². The molecule has 2 amide bonds. The number of H-pyrrole nitrogens is 1. The SMILES string of the molecule is Cc1cc(C)c(CNC(=O)c2ncnc(N3CCC[C@@H]3C(N)=O)c2C)c(=O)[nH]1. The van der Waals surface area contributed by atoms with Gasteiger partial charge in [-0.3, -0.25) is 14.4 Å². The number of aromatic nitrogens is 3. The van der Waals surface area contributed by atoms with Gasteiger partial charge in [0.1, 0.15) is 23.9 Å². The highest BCUT2D eigenvalue weighted by Gasteiger charge is 2.32. The molecule has 3 rings (SSSR count). The minimum atomic E-state index is -0.432. The molecule has 9 heteroatoms. The predicted octanol–water partition coefficient (Wildman–Crippen LogP) is 0.474. The van der Waals surface area contributed by atoms with Crippen LogP contribution in [0.1, 0.15) is 45.7 Å². The van der Waals surface area contributed by atoms with Gasteiger partial charge in [-0.15, -0.1) is 0 Å². The maximum Gasteiger partial charge on any atom is 0.270 e. The lowest BCUT2D eigenvalue weighted by Gasteiger charge is -2.25. The topological polar surface area (TPSA) is 134 Å². The molecule has 148 valence electrons.